The van der Waals surface area contributed by atoms with Crippen LogP contribution >= 0.6 is 11.3 Å². The highest BCUT2D eigenvalue weighted by Crippen LogP contribution is 2.30. The minimum atomic E-state index is -0.488. The van der Waals surface area contributed by atoms with Gasteiger partial charge in [0.1, 0.15) is 5.82 Å². The Bertz CT molecular complexity index is 1240. The smallest absolute Gasteiger partial charge is 0.270 e. The third-order valence-corrected chi connectivity index (χ3v) is 4.88. The van der Waals surface area contributed by atoms with Crippen LogP contribution in [0.1, 0.15) is 16.1 Å². The van der Waals surface area contributed by atoms with E-state index in [2.05, 4.69) is 15.3 Å². The van der Waals surface area contributed by atoms with Crippen LogP contribution in [0.2, 0.25) is 0 Å². The summed E-state index contributed by atoms with van der Waals surface area (Å²) in [5.41, 5.74) is 1.92. The first-order valence-corrected chi connectivity index (χ1v) is 8.65. The molecule has 0 bridgehead atoms. The van der Waals surface area contributed by atoms with Crippen molar-refractivity contribution < 1.29 is 14.1 Å². The number of carbonyl (C=O) groups is 1. The lowest BCUT2D eigenvalue weighted by molar-refractivity contribution is -0.384. The van der Waals surface area contributed by atoms with Crippen molar-refractivity contribution >= 4 is 49.2 Å². The summed E-state index contributed by atoms with van der Waals surface area (Å²) >= 11 is 1.13. The minimum absolute atomic E-state index is 0.0461. The predicted octanol–water partition coefficient (Wildman–Crippen LogP) is 4.45. The van der Waals surface area contributed by atoms with Crippen molar-refractivity contribution in [2.45, 2.75) is 6.92 Å². The molecule has 2 aromatic heterocycles. The number of amides is 1. The summed E-state index contributed by atoms with van der Waals surface area (Å²) in [5, 5.41) is 14.3. The number of benzene rings is 2. The SMILES string of the molecule is Cc1cc(C(=O)Nc2nc3ccc([N+](=O)[O-])cc3s2)c2cc(F)ccc2n1. The molecular weight excluding hydrogens is 371 g/mol. The zero-order valence-corrected chi connectivity index (χ0v) is 14.7. The molecule has 0 saturated carbocycles. The Labute approximate surface area is 155 Å². The summed E-state index contributed by atoms with van der Waals surface area (Å²) in [6.07, 6.45) is 0. The van der Waals surface area contributed by atoms with E-state index in [-0.39, 0.29) is 11.3 Å². The quantitative estimate of drug-likeness (QED) is 0.417. The van der Waals surface area contributed by atoms with Crippen molar-refractivity contribution in [3.05, 3.63) is 69.7 Å². The molecule has 0 spiro atoms. The fourth-order valence-corrected chi connectivity index (χ4v) is 3.66. The molecule has 1 N–H and O–H groups in total. The van der Waals surface area contributed by atoms with Crippen LogP contribution in [0.15, 0.2) is 42.5 Å². The van der Waals surface area contributed by atoms with E-state index in [0.717, 1.165) is 11.3 Å². The average molecular weight is 382 g/mol. The van der Waals surface area contributed by atoms with Crippen LogP contribution in [0.5, 0.6) is 0 Å². The molecule has 0 unspecified atom stereocenters. The van der Waals surface area contributed by atoms with Crippen LogP contribution in [-0.2, 0) is 0 Å². The Morgan fingerprint density at radius 3 is 2.70 bits per heavy atom. The van der Waals surface area contributed by atoms with Crippen molar-refractivity contribution in [1.82, 2.24) is 9.97 Å². The number of nitro groups is 1. The lowest BCUT2D eigenvalue weighted by atomic mass is 10.1. The Morgan fingerprint density at radius 1 is 1.15 bits per heavy atom. The first-order valence-electron chi connectivity index (χ1n) is 7.84. The summed E-state index contributed by atoms with van der Waals surface area (Å²) < 4.78 is 14.2. The average Bonchev–Trinajstić information content (AvgIpc) is 3.02. The van der Waals surface area contributed by atoms with Crippen LogP contribution in [0.25, 0.3) is 21.1 Å². The van der Waals surface area contributed by atoms with Crippen molar-refractivity contribution in [3.63, 3.8) is 0 Å². The minimum Gasteiger partial charge on any atom is -0.298 e. The number of fused-ring (bicyclic) bond motifs is 2. The topological polar surface area (TPSA) is 98.0 Å². The number of aromatic nitrogens is 2. The highest BCUT2D eigenvalue weighted by molar-refractivity contribution is 7.22. The number of thiazole rings is 1. The van der Waals surface area contributed by atoms with E-state index < -0.39 is 16.6 Å². The van der Waals surface area contributed by atoms with Crippen molar-refractivity contribution in [1.29, 1.82) is 0 Å². The van der Waals surface area contributed by atoms with Crippen LogP contribution in [0, 0.1) is 22.9 Å². The number of non-ortho nitro benzene ring substituents is 1. The van der Waals surface area contributed by atoms with E-state index in [9.17, 15) is 19.3 Å². The van der Waals surface area contributed by atoms with Gasteiger partial charge in [0, 0.05) is 23.2 Å². The van der Waals surface area contributed by atoms with Gasteiger partial charge in [0.2, 0.25) is 0 Å². The van der Waals surface area contributed by atoms with Crippen molar-refractivity contribution in [2.75, 3.05) is 5.32 Å². The maximum Gasteiger partial charge on any atom is 0.270 e. The number of nitro benzene ring substituents is 1. The second-order valence-electron chi connectivity index (χ2n) is 5.85. The van der Waals surface area contributed by atoms with Crippen LogP contribution < -0.4 is 5.32 Å². The number of hydrogen-bond donors (Lipinski definition) is 1. The van der Waals surface area contributed by atoms with Crippen LogP contribution in [0.3, 0.4) is 0 Å². The highest BCUT2D eigenvalue weighted by Gasteiger charge is 2.16. The normalized spacial score (nSPS) is 11.0. The summed E-state index contributed by atoms with van der Waals surface area (Å²) in [7, 11) is 0. The van der Waals surface area contributed by atoms with Gasteiger partial charge in [-0.05, 0) is 37.3 Å². The third kappa shape index (κ3) is 3.20. The lowest BCUT2D eigenvalue weighted by Gasteiger charge is -2.07. The Morgan fingerprint density at radius 2 is 1.93 bits per heavy atom. The molecular formula is C18H11FN4O3S. The third-order valence-electron chi connectivity index (χ3n) is 3.95. The molecule has 0 aliphatic rings. The number of hydrogen-bond acceptors (Lipinski definition) is 6. The number of aryl methyl sites for hydroxylation is 1. The fraction of sp³-hybridized carbons (Fsp3) is 0.0556. The second-order valence-corrected chi connectivity index (χ2v) is 6.89. The molecule has 4 aromatic rings. The lowest BCUT2D eigenvalue weighted by Crippen LogP contribution is -2.13. The van der Waals surface area contributed by atoms with Gasteiger partial charge in [-0.1, -0.05) is 11.3 Å². The Hall–Kier alpha value is -3.46. The monoisotopic (exact) mass is 382 g/mol. The predicted molar refractivity (Wildman–Crippen MR) is 101 cm³/mol. The van der Waals surface area contributed by atoms with Crippen molar-refractivity contribution in [3.8, 4) is 0 Å². The molecule has 2 heterocycles. The van der Waals surface area contributed by atoms with Gasteiger partial charge in [0.05, 0.1) is 26.2 Å². The van der Waals surface area contributed by atoms with Gasteiger partial charge in [-0.15, -0.1) is 0 Å². The summed E-state index contributed by atoms with van der Waals surface area (Å²) in [4.78, 5) is 31.7. The molecule has 4 rings (SSSR count). The highest BCUT2D eigenvalue weighted by atomic mass is 32.1. The van der Waals surface area contributed by atoms with Gasteiger partial charge in [0.15, 0.2) is 5.13 Å². The second kappa shape index (κ2) is 6.36. The van der Waals surface area contributed by atoms with E-state index in [4.69, 9.17) is 0 Å². The molecule has 134 valence electrons. The van der Waals surface area contributed by atoms with Gasteiger partial charge in [-0.25, -0.2) is 9.37 Å². The molecule has 9 heteroatoms. The molecule has 7 nitrogen and oxygen atoms in total. The first-order chi connectivity index (χ1) is 12.9. The molecule has 27 heavy (non-hydrogen) atoms. The van der Waals surface area contributed by atoms with E-state index >= 15 is 0 Å². The van der Waals surface area contributed by atoms with E-state index in [0.29, 0.717) is 31.9 Å². The van der Waals surface area contributed by atoms with E-state index in [1.807, 2.05) is 0 Å². The number of nitrogens with zero attached hydrogens (tertiary/aromatic N) is 3. The number of rotatable bonds is 3. The van der Waals surface area contributed by atoms with Crippen LogP contribution in [-0.4, -0.2) is 20.8 Å². The maximum absolute atomic E-state index is 13.6. The Kier molecular flexibility index (Phi) is 4.00. The molecule has 0 saturated heterocycles. The van der Waals surface area contributed by atoms with E-state index in [1.54, 1.807) is 13.0 Å². The number of carbonyl (C=O) groups excluding carboxylic acids is 1. The number of nitrogens with one attached hydrogen (secondary N) is 1. The maximum atomic E-state index is 13.6. The van der Waals surface area contributed by atoms with Gasteiger partial charge < -0.3 is 0 Å². The summed E-state index contributed by atoms with van der Waals surface area (Å²) in [6, 6.07) is 9.94. The molecule has 1 amide bonds. The number of anilines is 1. The number of pyridine rings is 1. The molecule has 0 aliphatic heterocycles. The number of halogens is 1. The zero-order chi connectivity index (χ0) is 19.1. The van der Waals surface area contributed by atoms with Gasteiger partial charge in [-0.3, -0.25) is 25.2 Å². The molecule has 0 aliphatic carbocycles. The van der Waals surface area contributed by atoms with Gasteiger partial charge in [0.25, 0.3) is 11.6 Å². The first kappa shape index (κ1) is 17.0. The summed E-state index contributed by atoms with van der Waals surface area (Å²) in [5.74, 6) is -0.917. The van der Waals surface area contributed by atoms with Gasteiger partial charge in [-0.2, -0.15) is 0 Å². The molecule has 0 radical (unpaired) electrons. The van der Waals surface area contributed by atoms with Crippen molar-refractivity contribution in [2.24, 2.45) is 0 Å². The van der Waals surface area contributed by atoms with E-state index in [1.165, 1.54) is 36.4 Å². The summed E-state index contributed by atoms with van der Waals surface area (Å²) in [6.45, 7) is 1.75. The molecule has 0 atom stereocenters. The standard InChI is InChI=1S/C18H11FN4O3S/c1-9-6-13(12-7-10(19)2-4-14(12)20-9)17(24)22-18-21-15-5-3-11(23(25)26)8-16(15)27-18/h2-8H,1H3,(H,21,22,24). The zero-order valence-electron chi connectivity index (χ0n) is 13.9. The van der Waals surface area contributed by atoms with Gasteiger partial charge >= 0.3 is 0 Å². The largest absolute Gasteiger partial charge is 0.298 e. The fourth-order valence-electron chi connectivity index (χ4n) is 2.76. The van der Waals surface area contributed by atoms with Crippen LogP contribution in [0.4, 0.5) is 15.2 Å². The Balaban J connectivity index is 1.72. The molecule has 0 fully saturated rings. The molecule has 2 aromatic carbocycles.